The smallest absolute Gasteiger partial charge is 0.227 e. The Hall–Kier alpha value is -1.14. The molecule has 3 aliphatic rings. The van der Waals surface area contributed by atoms with E-state index in [2.05, 4.69) is 15.1 Å². The summed E-state index contributed by atoms with van der Waals surface area (Å²) >= 11 is 0. The summed E-state index contributed by atoms with van der Waals surface area (Å²) < 4.78 is 0. The molecule has 1 N–H and O–H groups in total. The van der Waals surface area contributed by atoms with E-state index >= 15 is 0 Å². The molecular weight excluding hydrogens is 304 g/mol. The van der Waals surface area contributed by atoms with Gasteiger partial charge in [0.1, 0.15) is 0 Å². The van der Waals surface area contributed by atoms with Gasteiger partial charge in [-0.3, -0.25) is 14.5 Å². The molecule has 3 fully saturated rings. The lowest BCUT2D eigenvalue weighted by Crippen LogP contribution is -2.50. The molecule has 0 spiro atoms. The quantitative estimate of drug-likeness (QED) is 0.814. The lowest BCUT2D eigenvalue weighted by atomic mass is 9.96. The highest BCUT2D eigenvalue weighted by Gasteiger charge is 2.36. The topological polar surface area (TPSA) is 55.9 Å². The van der Waals surface area contributed by atoms with Crippen molar-refractivity contribution >= 4 is 11.8 Å². The number of likely N-dealkylation sites (tertiary alicyclic amines) is 2. The van der Waals surface area contributed by atoms with Crippen LogP contribution in [0.3, 0.4) is 0 Å². The maximum atomic E-state index is 12.9. The second kappa shape index (κ2) is 8.30. The number of hydrogen-bond donors (Lipinski definition) is 1. The van der Waals surface area contributed by atoms with Crippen LogP contribution in [0.5, 0.6) is 0 Å². The summed E-state index contributed by atoms with van der Waals surface area (Å²) in [5.74, 6) is 0.512. The predicted molar refractivity (Wildman–Crippen MR) is 93.6 cm³/mol. The first-order valence-electron chi connectivity index (χ1n) is 9.70. The summed E-state index contributed by atoms with van der Waals surface area (Å²) in [5, 5.41) is 3.39. The second-order valence-electron chi connectivity index (χ2n) is 7.44. The average Bonchev–Trinajstić information content (AvgIpc) is 3.12. The van der Waals surface area contributed by atoms with E-state index in [0.29, 0.717) is 19.0 Å². The standard InChI is InChI=1S/C18H32N4O2/c1-2-4-17(23)21-9-3-5-15(13-21)18(24)22-10-6-16(14-22)20-11-7-19-8-12-20/h15-16,19H,2-14H2,1H3. The van der Waals surface area contributed by atoms with Gasteiger partial charge in [-0.1, -0.05) is 6.92 Å². The minimum absolute atomic E-state index is 0.0151. The zero-order valence-electron chi connectivity index (χ0n) is 15.0. The molecule has 0 bridgehead atoms. The zero-order chi connectivity index (χ0) is 16.9. The van der Waals surface area contributed by atoms with Gasteiger partial charge >= 0.3 is 0 Å². The van der Waals surface area contributed by atoms with Crippen LogP contribution in [0.4, 0.5) is 0 Å². The summed E-state index contributed by atoms with van der Waals surface area (Å²) in [6.45, 7) is 9.54. The van der Waals surface area contributed by atoms with Gasteiger partial charge in [0.2, 0.25) is 11.8 Å². The summed E-state index contributed by atoms with van der Waals surface area (Å²) in [4.78, 5) is 31.6. The number of piperidine rings is 1. The molecule has 0 aromatic heterocycles. The first-order valence-corrected chi connectivity index (χ1v) is 9.70. The number of carbonyl (C=O) groups is 2. The molecule has 2 unspecified atom stereocenters. The van der Waals surface area contributed by atoms with Crippen molar-refractivity contribution in [2.45, 2.75) is 45.1 Å². The highest BCUT2D eigenvalue weighted by Crippen LogP contribution is 2.23. The van der Waals surface area contributed by atoms with Gasteiger partial charge in [0.05, 0.1) is 5.92 Å². The molecule has 0 aliphatic carbocycles. The van der Waals surface area contributed by atoms with E-state index in [1.54, 1.807) is 0 Å². The maximum Gasteiger partial charge on any atom is 0.227 e. The van der Waals surface area contributed by atoms with Crippen LogP contribution in [-0.4, -0.2) is 84.9 Å². The number of nitrogens with zero attached hydrogens (tertiary/aromatic N) is 3. The largest absolute Gasteiger partial charge is 0.342 e. The van der Waals surface area contributed by atoms with Crippen molar-refractivity contribution in [3.05, 3.63) is 0 Å². The number of carbonyl (C=O) groups excluding carboxylic acids is 2. The van der Waals surface area contributed by atoms with Gasteiger partial charge in [-0.05, 0) is 25.7 Å². The van der Waals surface area contributed by atoms with E-state index in [-0.39, 0.29) is 17.7 Å². The Morgan fingerprint density at radius 2 is 1.79 bits per heavy atom. The molecule has 24 heavy (non-hydrogen) atoms. The van der Waals surface area contributed by atoms with Crippen molar-refractivity contribution < 1.29 is 9.59 Å². The SMILES string of the molecule is CCCC(=O)N1CCCC(C(=O)N2CCC(N3CCNCC3)C2)C1. The summed E-state index contributed by atoms with van der Waals surface area (Å²) in [5.41, 5.74) is 0. The molecule has 0 radical (unpaired) electrons. The fourth-order valence-electron chi connectivity index (χ4n) is 4.32. The van der Waals surface area contributed by atoms with E-state index in [1.807, 2.05) is 11.8 Å². The fraction of sp³-hybridized carbons (Fsp3) is 0.889. The normalized spacial score (nSPS) is 29.0. The van der Waals surface area contributed by atoms with Crippen LogP contribution in [0.1, 0.15) is 39.0 Å². The van der Waals surface area contributed by atoms with Crippen molar-refractivity contribution in [1.82, 2.24) is 20.0 Å². The van der Waals surface area contributed by atoms with Crippen LogP contribution >= 0.6 is 0 Å². The van der Waals surface area contributed by atoms with Gasteiger partial charge in [0.25, 0.3) is 0 Å². The van der Waals surface area contributed by atoms with Crippen LogP contribution in [-0.2, 0) is 9.59 Å². The highest BCUT2D eigenvalue weighted by molar-refractivity contribution is 5.81. The minimum atomic E-state index is 0.0151. The highest BCUT2D eigenvalue weighted by atomic mass is 16.2. The number of piperazine rings is 1. The third kappa shape index (κ3) is 4.09. The number of amides is 2. The fourth-order valence-corrected chi connectivity index (χ4v) is 4.32. The van der Waals surface area contributed by atoms with Crippen molar-refractivity contribution in [3.63, 3.8) is 0 Å². The van der Waals surface area contributed by atoms with E-state index in [4.69, 9.17) is 0 Å². The third-order valence-electron chi connectivity index (χ3n) is 5.73. The molecule has 0 aromatic carbocycles. The van der Waals surface area contributed by atoms with Crippen LogP contribution in [0.2, 0.25) is 0 Å². The van der Waals surface area contributed by atoms with E-state index < -0.39 is 0 Å². The molecule has 3 heterocycles. The summed E-state index contributed by atoms with van der Waals surface area (Å²) in [7, 11) is 0. The monoisotopic (exact) mass is 336 g/mol. The van der Waals surface area contributed by atoms with Gasteiger partial charge in [-0.15, -0.1) is 0 Å². The van der Waals surface area contributed by atoms with Gasteiger partial charge in [0.15, 0.2) is 0 Å². The van der Waals surface area contributed by atoms with Crippen LogP contribution < -0.4 is 5.32 Å². The Balaban J connectivity index is 1.51. The van der Waals surface area contributed by atoms with Crippen LogP contribution in [0.25, 0.3) is 0 Å². The number of nitrogens with one attached hydrogen (secondary N) is 1. The van der Waals surface area contributed by atoms with Crippen molar-refractivity contribution in [2.75, 3.05) is 52.4 Å². The maximum absolute atomic E-state index is 12.9. The molecule has 0 saturated carbocycles. The first kappa shape index (κ1) is 17.7. The second-order valence-corrected chi connectivity index (χ2v) is 7.44. The molecule has 2 amide bonds. The lowest BCUT2D eigenvalue weighted by Gasteiger charge is -2.35. The van der Waals surface area contributed by atoms with Crippen LogP contribution in [0.15, 0.2) is 0 Å². The molecule has 3 rings (SSSR count). The summed E-state index contributed by atoms with van der Waals surface area (Å²) in [6, 6.07) is 0.525. The van der Waals surface area contributed by atoms with Gasteiger partial charge < -0.3 is 15.1 Å². The van der Waals surface area contributed by atoms with Gasteiger partial charge in [-0.2, -0.15) is 0 Å². The number of hydrogen-bond acceptors (Lipinski definition) is 4. The molecule has 6 nitrogen and oxygen atoms in total. The molecule has 2 atom stereocenters. The number of rotatable bonds is 4. The molecular formula is C18H32N4O2. The predicted octanol–water partition coefficient (Wildman–Crippen LogP) is 0.531. The third-order valence-corrected chi connectivity index (χ3v) is 5.73. The molecule has 3 aliphatic heterocycles. The van der Waals surface area contributed by atoms with E-state index in [9.17, 15) is 9.59 Å². The van der Waals surface area contributed by atoms with E-state index in [1.165, 1.54) is 0 Å². The van der Waals surface area contributed by atoms with Crippen LogP contribution in [0, 0.1) is 5.92 Å². The van der Waals surface area contributed by atoms with E-state index in [0.717, 1.165) is 71.5 Å². The first-order chi connectivity index (χ1) is 11.7. The zero-order valence-corrected chi connectivity index (χ0v) is 15.0. The van der Waals surface area contributed by atoms with Gasteiger partial charge in [0, 0.05) is 64.8 Å². The molecule has 3 saturated heterocycles. The van der Waals surface area contributed by atoms with Crippen molar-refractivity contribution in [2.24, 2.45) is 5.92 Å². The summed E-state index contributed by atoms with van der Waals surface area (Å²) in [6.07, 6.45) is 4.48. The Kier molecular flexibility index (Phi) is 6.11. The lowest BCUT2D eigenvalue weighted by molar-refractivity contribution is -0.140. The average molecular weight is 336 g/mol. The molecule has 6 heteroatoms. The minimum Gasteiger partial charge on any atom is -0.342 e. The Morgan fingerprint density at radius 1 is 1.00 bits per heavy atom. The van der Waals surface area contributed by atoms with Gasteiger partial charge in [-0.25, -0.2) is 0 Å². The Labute approximate surface area is 145 Å². The Morgan fingerprint density at radius 3 is 2.54 bits per heavy atom. The van der Waals surface area contributed by atoms with Crippen molar-refractivity contribution in [1.29, 1.82) is 0 Å². The molecule has 0 aromatic rings. The molecule has 136 valence electrons. The Bertz CT molecular complexity index is 450. The van der Waals surface area contributed by atoms with Crippen molar-refractivity contribution in [3.8, 4) is 0 Å².